The number of benzene rings is 2. The molecule has 0 unspecified atom stereocenters. The van der Waals surface area contributed by atoms with Gasteiger partial charge in [0.2, 0.25) is 5.91 Å². The van der Waals surface area contributed by atoms with Crippen LogP contribution in [0.5, 0.6) is 0 Å². The van der Waals surface area contributed by atoms with Crippen molar-refractivity contribution in [3.05, 3.63) is 65.7 Å². The van der Waals surface area contributed by atoms with Crippen molar-refractivity contribution >= 4 is 41.5 Å². The van der Waals surface area contributed by atoms with Crippen LogP contribution in [0.25, 0.3) is 0 Å². The van der Waals surface area contributed by atoms with E-state index in [0.717, 1.165) is 31.2 Å². The van der Waals surface area contributed by atoms with E-state index in [2.05, 4.69) is 32.7 Å². The number of hydrogen-bond acceptors (Lipinski definition) is 2. The van der Waals surface area contributed by atoms with Crippen LogP contribution in [0, 0.1) is 0 Å². The molecule has 0 saturated carbocycles. The number of anilines is 1. The molecule has 0 fully saturated rings. The summed E-state index contributed by atoms with van der Waals surface area (Å²) in [6, 6.07) is 18.2. The Morgan fingerprint density at radius 2 is 1.69 bits per heavy atom. The Bertz CT molecular complexity index is 702. The van der Waals surface area contributed by atoms with Crippen molar-refractivity contribution in [3.63, 3.8) is 0 Å². The van der Waals surface area contributed by atoms with E-state index in [1.165, 1.54) is 18.1 Å². The third-order valence-electron chi connectivity index (χ3n) is 3.81. The van der Waals surface area contributed by atoms with Crippen molar-refractivity contribution < 1.29 is 4.79 Å². The van der Waals surface area contributed by atoms with Crippen LogP contribution in [0.3, 0.4) is 0 Å². The molecular weight excluding hydrogens is 439 g/mol. The maximum atomic E-state index is 11.0. The molecule has 2 rings (SSSR count). The minimum Gasteiger partial charge on any atom is -0.356 e. The van der Waals surface area contributed by atoms with Crippen LogP contribution in [-0.2, 0) is 17.8 Å². The maximum Gasteiger partial charge on any atom is 0.221 e. The highest BCUT2D eigenvalue weighted by Gasteiger charge is 2.06. The van der Waals surface area contributed by atoms with Crippen LogP contribution in [0.15, 0.2) is 59.6 Å². The quantitative estimate of drug-likeness (QED) is 0.389. The van der Waals surface area contributed by atoms with Crippen molar-refractivity contribution in [2.24, 2.45) is 4.99 Å². The number of nitrogens with zero attached hydrogens (tertiary/aromatic N) is 2. The second kappa shape index (κ2) is 11.5. The second-order valence-electron chi connectivity index (χ2n) is 5.94. The Hall–Kier alpha value is -2.09. The smallest absolute Gasteiger partial charge is 0.221 e. The van der Waals surface area contributed by atoms with E-state index in [1.807, 2.05) is 49.5 Å². The summed E-state index contributed by atoms with van der Waals surface area (Å²) in [4.78, 5) is 17.5. The third kappa shape index (κ3) is 7.43. The maximum absolute atomic E-state index is 11.0. The summed E-state index contributed by atoms with van der Waals surface area (Å²) < 4.78 is 0. The minimum atomic E-state index is -0.0559. The van der Waals surface area contributed by atoms with E-state index in [9.17, 15) is 4.79 Å². The molecule has 0 saturated heterocycles. The molecule has 0 aliphatic carbocycles. The van der Waals surface area contributed by atoms with E-state index in [1.54, 1.807) is 7.05 Å². The fraction of sp³-hybridized carbons (Fsp3) is 0.300. The van der Waals surface area contributed by atoms with Gasteiger partial charge in [0.25, 0.3) is 0 Å². The summed E-state index contributed by atoms with van der Waals surface area (Å²) in [5.74, 6) is 0.818. The van der Waals surface area contributed by atoms with Gasteiger partial charge in [0, 0.05) is 39.8 Å². The Kier molecular flexibility index (Phi) is 9.72. The van der Waals surface area contributed by atoms with E-state index < -0.39 is 0 Å². The van der Waals surface area contributed by atoms with Crippen molar-refractivity contribution in [1.82, 2.24) is 10.2 Å². The monoisotopic (exact) mass is 466 g/mol. The molecule has 0 bridgehead atoms. The number of amides is 1. The highest BCUT2D eigenvalue weighted by molar-refractivity contribution is 14.0. The topological polar surface area (TPSA) is 56.7 Å². The number of nitrogens with one attached hydrogen (secondary N) is 2. The Morgan fingerprint density at radius 3 is 2.27 bits per heavy atom. The Morgan fingerprint density at radius 1 is 1.04 bits per heavy atom. The van der Waals surface area contributed by atoms with Gasteiger partial charge in [-0.1, -0.05) is 42.5 Å². The number of hydrogen-bond donors (Lipinski definition) is 2. The number of guanidine groups is 1. The summed E-state index contributed by atoms with van der Waals surface area (Å²) in [6.45, 7) is 3.12. The van der Waals surface area contributed by atoms with Gasteiger partial charge in [-0.3, -0.25) is 9.79 Å². The second-order valence-corrected chi connectivity index (χ2v) is 5.94. The van der Waals surface area contributed by atoms with E-state index >= 15 is 0 Å². The van der Waals surface area contributed by atoms with Gasteiger partial charge in [-0.15, -0.1) is 24.0 Å². The van der Waals surface area contributed by atoms with Crippen LogP contribution in [0.4, 0.5) is 5.69 Å². The van der Waals surface area contributed by atoms with Gasteiger partial charge >= 0.3 is 0 Å². The first-order valence-corrected chi connectivity index (χ1v) is 8.40. The van der Waals surface area contributed by atoms with E-state index in [4.69, 9.17) is 0 Å². The molecule has 1 amide bonds. The first-order chi connectivity index (χ1) is 12.1. The Labute approximate surface area is 172 Å². The molecule has 26 heavy (non-hydrogen) atoms. The lowest BCUT2D eigenvalue weighted by Crippen LogP contribution is -2.39. The highest BCUT2D eigenvalue weighted by atomic mass is 127. The van der Waals surface area contributed by atoms with E-state index in [0.29, 0.717) is 0 Å². The molecule has 0 aromatic heterocycles. The molecule has 140 valence electrons. The van der Waals surface area contributed by atoms with Crippen LogP contribution in [0.2, 0.25) is 0 Å². The van der Waals surface area contributed by atoms with Crippen LogP contribution >= 0.6 is 24.0 Å². The molecule has 0 spiro atoms. The molecule has 0 heterocycles. The molecule has 2 aromatic carbocycles. The van der Waals surface area contributed by atoms with Crippen molar-refractivity contribution in [3.8, 4) is 0 Å². The number of carbonyl (C=O) groups excluding carboxylic acids is 1. The van der Waals surface area contributed by atoms with Gasteiger partial charge in [0.05, 0.1) is 0 Å². The summed E-state index contributed by atoms with van der Waals surface area (Å²) in [7, 11) is 3.83. The molecule has 5 nitrogen and oxygen atoms in total. The SMILES string of the molecule is CN=C(NCCc1ccc(NC(C)=O)cc1)N(C)Cc1ccccc1.I. The summed E-state index contributed by atoms with van der Waals surface area (Å²) in [5.41, 5.74) is 3.28. The van der Waals surface area contributed by atoms with Gasteiger partial charge in [0.1, 0.15) is 0 Å². The van der Waals surface area contributed by atoms with Crippen LogP contribution in [-0.4, -0.2) is 37.4 Å². The summed E-state index contributed by atoms with van der Waals surface area (Å²) in [6.07, 6.45) is 0.887. The molecular formula is C20H27IN4O. The molecule has 2 aromatic rings. The van der Waals surface area contributed by atoms with E-state index in [-0.39, 0.29) is 29.9 Å². The number of halogens is 1. The average Bonchev–Trinajstić information content (AvgIpc) is 2.60. The molecule has 2 N–H and O–H groups in total. The van der Waals surface area contributed by atoms with Crippen molar-refractivity contribution in [2.75, 3.05) is 26.0 Å². The molecule has 0 aliphatic rings. The van der Waals surface area contributed by atoms with Crippen LogP contribution < -0.4 is 10.6 Å². The molecule has 0 aliphatic heterocycles. The predicted molar refractivity (Wildman–Crippen MR) is 119 cm³/mol. The average molecular weight is 466 g/mol. The largest absolute Gasteiger partial charge is 0.356 e. The summed E-state index contributed by atoms with van der Waals surface area (Å²) >= 11 is 0. The van der Waals surface area contributed by atoms with Gasteiger partial charge in [-0.05, 0) is 29.7 Å². The number of rotatable bonds is 6. The minimum absolute atomic E-state index is 0. The standard InChI is InChI=1S/C20H26N4O.HI/c1-16(25)23-19-11-9-17(10-12-19)13-14-22-20(21-2)24(3)15-18-7-5-4-6-8-18;/h4-12H,13-15H2,1-3H3,(H,21,22)(H,23,25);1H. The molecule has 0 radical (unpaired) electrons. The number of carbonyl (C=O) groups is 1. The lowest BCUT2D eigenvalue weighted by Gasteiger charge is -2.22. The first kappa shape index (κ1) is 22.0. The predicted octanol–water partition coefficient (Wildman–Crippen LogP) is 3.51. The lowest BCUT2D eigenvalue weighted by molar-refractivity contribution is -0.114. The Balaban J connectivity index is 0.00000338. The summed E-state index contributed by atoms with van der Waals surface area (Å²) in [5, 5.41) is 6.16. The zero-order valence-corrected chi connectivity index (χ0v) is 17.9. The van der Waals surface area contributed by atoms with Gasteiger partial charge in [-0.2, -0.15) is 0 Å². The highest BCUT2D eigenvalue weighted by Crippen LogP contribution is 2.10. The molecule has 0 atom stereocenters. The first-order valence-electron chi connectivity index (χ1n) is 8.40. The van der Waals surface area contributed by atoms with Crippen LogP contribution in [0.1, 0.15) is 18.1 Å². The molecule has 6 heteroatoms. The fourth-order valence-corrected chi connectivity index (χ4v) is 2.59. The van der Waals surface area contributed by atoms with Crippen molar-refractivity contribution in [2.45, 2.75) is 19.9 Å². The van der Waals surface area contributed by atoms with Gasteiger partial charge in [-0.25, -0.2) is 0 Å². The van der Waals surface area contributed by atoms with Crippen molar-refractivity contribution in [1.29, 1.82) is 0 Å². The zero-order valence-electron chi connectivity index (χ0n) is 15.5. The van der Waals surface area contributed by atoms with Gasteiger partial charge in [0.15, 0.2) is 5.96 Å². The third-order valence-corrected chi connectivity index (χ3v) is 3.81. The lowest BCUT2D eigenvalue weighted by atomic mass is 10.1. The zero-order chi connectivity index (χ0) is 18.1. The van der Waals surface area contributed by atoms with Gasteiger partial charge < -0.3 is 15.5 Å². The number of aliphatic imine (C=N–C) groups is 1. The fourth-order valence-electron chi connectivity index (χ4n) is 2.59. The normalized spacial score (nSPS) is 10.7.